The van der Waals surface area contributed by atoms with Gasteiger partial charge in [0.1, 0.15) is 17.4 Å². The molecule has 5 heteroatoms. The molecule has 1 fully saturated rings. The van der Waals surface area contributed by atoms with Gasteiger partial charge in [0.15, 0.2) is 0 Å². The zero-order valence-electron chi connectivity index (χ0n) is 11.3. The van der Waals surface area contributed by atoms with Crippen LogP contribution in [0.2, 0.25) is 0 Å². The SMILES string of the molecule is COc1ccc(N2CCC(=C(C#N)C(=O)O)CC2)cc1. The average molecular weight is 272 g/mol. The Morgan fingerprint density at radius 2 is 1.90 bits per heavy atom. The van der Waals surface area contributed by atoms with Gasteiger partial charge < -0.3 is 14.7 Å². The van der Waals surface area contributed by atoms with E-state index in [1.807, 2.05) is 24.3 Å². The van der Waals surface area contributed by atoms with Crippen LogP contribution in [0.15, 0.2) is 35.4 Å². The number of nitrogens with zero attached hydrogens (tertiary/aromatic N) is 2. The number of benzene rings is 1. The third kappa shape index (κ3) is 2.91. The molecule has 0 amide bonds. The highest BCUT2D eigenvalue weighted by molar-refractivity contribution is 5.92. The highest BCUT2D eigenvalue weighted by Gasteiger charge is 2.20. The zero-order chi connectivity index (χ0) is 14.5. The molecule has 1 heterocycles. The van der Waals surface area contributed by atoms with Crippen molar-refractivity contribution in [1.29, 1.82) is 5.26 Å². The molecule has 104 valence electrons. The van der Waals surface area contributed by atoms with Crippen LogP contribution in [0, 0.1) is 11.3 Å². The highest BCUT2D eigenvalue weighted by atomic mass is 16.5. The summed E-state index contributed by atoms with van der Waals surface area (Å²) in [7, 11) is 1.63. The van der Waals surface area contributed by atoms with Crippen LogP contribution in [0.4, 0.5) is 5.69 Å². The third-order valence-corrected chi connectivity index (χ3v) is 3.48. The predicted molar refractivity (Wildman–Crippen MR) is 74.7 cm³/mol. The summed E-state index contributed by atoms with van der Waals surface area (Å²) in [5, 5.41) is 17.8. The van der Waals surface area contributed by atoms with Gasteiger partial charge >= 0.3 is 5.97 Å². The zero-order valence-corrected chi connectivity index (χ0v) is 11.3. The molecule has 1 saturated heterocycles. The Morgan fingerprint density at radius 3 is 2.35 bits per heavy atom. The van der Waals surface area contributed by atoms with Crippen molar-refractivity contribution in [2.45, 2.75) is 12.8 Å². The maximum absolute atomic E-state index is 10.9. The molecule has 0 atom stereocenters. The van der Waals surface area contributed by atoms with Crippen LogP contribution in [0.25, 0.3) is 0 Å². The molecule has 0 unspecified atom stereocenters. The number of methoxy groups -OCH3 is 1. The molecule has 0 aliphatic carbocycles. The number of ether oxygens (including phenoxy) is 1. The Hall–Kier alpha value is -2.48. The van der Waals surface area contributed by atoms with Gasteiger partial charge in [-0.1, -0.05) is 0 Å². The van der Waals surface area contributed by atoms with Crippen molar-refractivity contribution in [2.24, 2.45) is 0 Å². The van der Waals surface area contributed by atoms with Crippen molar-refractivity contribution >= 4 is 11.7 Å². The maximum atomic E-state index is 10.9. The summed E-state index contributed by atoms with van der Waals surface area (Å²) in [6.07, 6.45) is 1.22. The molecule has 1 aliphatic rings. The number of hydrogen-bond acceptors (Lipinski definition) is 4. The Bertz CT molecular complexity index is 560. The molecule has 0 aromatic heterocycles. The summed E-state index contributed by atoms with van der Waals surface area (Å²) in [5.41, 5.74) is 1.72. The molecule has 1 aromatic carbocycles. The average Bonchev–Trinajstić information content (AvgIpc) is 2.48. The second-order valence-corrected chi connectivity index (χ2v) is 4.58. The molecule has 1 N–H and O–H groups in total. The van der Waals surface area contributed by atoms with E-state index in [0.29, 0.717) is 12.8 Å². The summed E-state index contributed by atoms with van der Waals surface area (Å²) >= 11 is 0. The van der Waals surface area contributed by atoms with Crippen molar-refractivity contribution in [2.75, 3.05) is 25.1 Å². The molecule has 2 rings (SSSR count). The molecule has 0 spiro atoms. The van der Waals surface area contributed by atoms with Gasteiger partial charge in [-0.05, 0) is 42.7 Å². The van der Waals surface area contributed by atoms with Crippen molar-refractivity contribution in [3.8, 4) is 11.8 Å². The lowest BCUT2D eigenvalue weighted by molar-refractivity contribution is -0.132. The Labute approximate surface area is 117 Å². The van der Waals surface area contributed by atoms with Gasteiger partial charge in [0, 0.05) is 18.8 Å². The first-order valence-electron chi connectivity index (χ1n) is 6.40. The first-order chi connectivity index (χ1) is 9.65. The van der Waals surface area contributed by atoms with Crippen molar-refractivity contribution < 1.29 is 14.6 Å². The molecular weight excluding hydrogens is 256 g/mol. The molecule has 0 radical (unpaired) electrons. The van der Waals surface area contributed by atoms with E-state index in [-0.39, 0.29) is 5.57 Å². The van der Waals surface area contributed by atoms with Gasteiger partial charge in [-0.15, -0.1) is 0 Å². The predicted octanol–water partition coefficient (Wildman–Crippen LogP) is 2.20. The van der Waals surface area contributed by atoms with Gasteiger partial charge in [-0.3, -0.25) is 0 Å². The van der Waals surface area contributed by atoms with Gasteiger partial charge in [0.2, 0.25) is 0 Å². The minimum atomic E-state index is -1.12. The van der Waals surface area contributed by atoms with Crippen LogP contribution in [0.1, 0.15) is 12.8 Å². The monoisotopic (exact) mass is 272 g/mol. The molecule has 1 aromatic rings. The van der Waals surface area contributed by atoms with Crippen LogP contribution in [0.5, 0.6) is 5.75 Å². The number of anilines is 1. The first kappa shape index (κ1) is 13.9. The van der Waals surface area contributed by atoms with Crippen molar-refractivity contribution in [1.82, 2.24) is 0 Å². The van der Waals surface area contributed by atoms with Crippen LogP contribution < -0.4 is 9.64 Å². The molecule has 1 aliphatic heterocycles. The normalized spacial score (nSPS) is 14.6. The highest BCUT2D eigenvalue weighted by Crippen LogP contribution is 2.26. The summed E-state index contributed by atoms with van der Waals surface area (Å²) in [5.74, 6) is -0.315. The summed E-state index contributed by atoms with van der Waals surface area (Å²) < 4.78 is 5.12. The Kier molecular flexibility index (Phi) is 4.26. The number of piperidine rings is 1. The van der Waals surface area contributed by atoms with Crippen LogP contribution in [-0.4, -0.2) is 31.3 Å². The Morgan fingerprint density at radius 1 is 1.30 bits per heavy atom. The molecule has 5 nitrogen and oxygen atoms in total. The topological polar surface area (TPSA) is 73.6 Å². The first-order valence-corrected chi connectivity index (χ1v) is 6.40. The van der Waals surface area contributed by atoms with E-state index in [0.717, 1.165) is 30.1 Å². The number of nitriles is 1. The van der Waals surface area contributed by atoms with E-state index < -0.39 is 5.97 Å². The Balaban J connectivity index is 2.07. The standard InChI is InChI=1S/C15H16N2O3/c1-20-13-4-2-12(3-5-13)17-8-6-11(7-9-17)14(10-16)15(18)19/h2-5H,6-9H2,1H3,(H,18,19). The lowest BCUT2D eigenvalue weighted by Crippen LogP contribution is -2.31. The van der Waals surface area contributed by atoms with E-state index in [4.69, 9.17) is 15.1 Å². The van der Waals surface area contributed by atoms with Gasteiger partial charge in [-0.2, -0.15) is 5.26 Å². The smallest absolute Gasteiger partial charge is 0.346 e. The minimum absolute atomic E-state index is 0.0978. The number of hydrogen-bond donors (Lipinski definition) is 1. The van der Waals surface area contributed by atoms with Crippen molar-refractivity contribution in [3.05, 3.63) is 35.4 Å². The number of carboxylic acids is 1. The second kappa shape index (κ2) is 6.11. The molecular formula is C15H16N2O3. The summed E-state index contributed by atoms with van der Waals surface area (Å²) in [4.78, 5) is 13.1. The number of carbonyl (C=O) groups is 1. The lowest BCUT2D eigenvalue weighted by atomic mass is 9.98. The fraction of sp³-hybridized carbons (Fsp3) is 0.333. The number of rotatable bonds is 3. The van der Waals surface area contributed by atoms with Crippen LogP contribution >= 0.6 is 0 Å². The molecule has 0 bridgehead atoms. The molecule has 0 saturated carbocycles. The number of carboxylic acid groups (broad SMARTS) is 1. The lowest BCUT2D eigenvalue weighted by Gasteiger charge is -2.30. The van der Waals surface area contributed by atoms with E-state index >= 15 is 0 Å². The van der Waals surface area contributed by atoms with E-state index in [9.17, 15) is 4.79 Å². The number of aliphatic carboxylic acids is 1. The minimum Gasteiger partial charge on any atom is -0.497 e. The fourth-order valence-electron chi connectivity index (χ4n) is 2.36. The largest absolute Gasteiger partial charge is 0.497 e. The van der Waals surface area contributed by atoms with Crippen LogP contribution in [-0.2, 0) is 4.79 Å². The van der Waals surface area contributed by atoms with E-state index in [2.05, 4.69) is 4.90 Å². The summed E-state index contributed by atoms with van der Waals surface area (Å²) in [6.45, 7) is 1.44. The van der Waals surface area contributed by atoms with E-state index in [1.165, 1.54) is 0 Å². The third-order valence-electron chi connectivity index (χ3n) is 3.48. The second-order valence-electron chi connectivity index (χ2n) is 4.58. The van der Waals surface area contributed by atoms with Gasteiger partial charge in [0.25, 0.3) is 0 Å². The quantitative estimate of drug-likeness (QED) is 0.674. The van der Waals surface area contributed by atoms with Gasteiger partial charge in [0.05, 0.1) is 7.11 Å². The fourth-order valence-corrected chi connectivity index (χ4v) is 2.36. The summed E-state index contributed by atoms with van der Waals surface area (Å²) in [6, 6.07) is 9.55. The van der Waals surface area contributed by atoms with Gasteiger partial charge in [-0.25, -0.2) is 4.79 Å². The van der Waals surface area contributed by atoms with Crippen LogP contribution in [0.3, 0.4) is 0 Å². The van der Waals surface area contributed by atoms with E-state index in [1.54, 1.807) is 13.2 Å². The van der Waals surface area contributed by atoms with Crippen molar-refractivity contribution in [3.63, 3.8) is 0 Å². The maximum Gasteiger partial charge on any atom is 0.346 e. The molecule has 20 heavy (non-hydrogen) atoms.